The second kappa shape index (κ2) is 4.51. The van der Waals surface area contributed by atoms with Crippen molar-refractivity contribution >= 4 is 5.97 Å². The Labute approximate surface area is 116 Å². The van der Waals surface area contributed by atoms with Gasteiger partial charge in [-0.05, 0) is 20.8 Å². The number of fused-ring (bicyclic) bond motifs is 3. The third-order valence-electron chi connectivity index (χ3n) is 3.52. The third kappa shape index (κ3) is 2.15. The number of hydrogen-bond acceptors (Lipinski definition) is 7. The molecule has 3 aliphatic rings. The van der Waals surface area contributed by atoms with Gasteiger partial charge >= 0.3 is 5.97 Å². The summed E-state index contributed by atoms with van der Waals surface area (Å²) in [6.45, 7) is 8.57. The zero-order valence-electron chi connectivity index (χ0n) is 11.6. The van der Waals surface area contributed by atoms with Crippen molar-refractivity contribution in [3.63, 3.8) is 0 Å². The van der Waals surface area contributed by atoms with Gasteiger partial charge in [0.15, 0.2) is 24.5 Å². The highest BCUT2D eigenvalue weighted by molar-refractivity contribution is 5.87. The Morgan fingerprint density at radius 1 is 1.20 bits per heavy atom. The summed E-state index contributed by atoms with van der Waals surface area (Å²) < 4.78 is 27.5. The number of carbonyl (C=O) groups is 1. The van der Waals surface area contributed by atoms with E-state index in [-0.39, 0.29) is 5.57 Å². The highest BCUT2D eigenvalue weighted by Gasteiger charge is 2.63. The van der Waals surface area contributed by atoms with E-state index in [1.807, 2.05) is 0 Å². The maximum atomic E-state index is 11.6. The number of ether oxygens (including phenoxy) is 5. The van der Waals surface area contributed by atoms with E-state index in [1.54, 1.807) is 13.8 Å². The first-order valence-corrected chi connectivity index (χ1v) is 6.49. The van der Waals surface area contributed by atoms with Crippen LogP contribution in [-0.4, -0.2) is 53.9 Å². The minimum atomic E-state index is -1.25. The van der Waals surface area contributed by atoms with Gasteiger partial charge in [0.2, 0.25) is 0 Å². The average molecular weight is 286 g/mol. The SMILES string of the molecule is C=C(C)C(=O)O[C@@H]1C(O)O[C@@H]2[C@H]3OC(C)(C)O[C@H]3O[C@@H]21. The summed E-state index contributed by atoms with van der Waals surface area (Å²) in [6.07, 6.45) is -4.33. The number of rotatable bonds is 2. The maximum Gasteiger partial charge on any atom is 0.333 e. The fraction of sp³-hybridized carbons (Fsp3) is 0.769. The van der Waals surface area contributed by atoms with Gasteiger partial charge in [0.1, 0.15) is 18.3 Å². The molecule has 0 aromatic heterocycles. The topological polar surface area (TPSA) is 83.5 Å². The van der Waals surface area contributed by atoms with Crippen molar-refractivity contribution < 1.29 is 33.6 Å². The van der Waals surface area contributed by atoms with E-state index in [0.717, 1.165) is 0 Å². The van der Waals surface area contributed by atoms with Crippen LogP contribution in [0.4, 0.5) is 0 Å². The van der Waals surface area contributed by atoms with Crippen molar-refractivity contribution in [1.29, 1.82) is 0 Å². The molecule has 20 heavy (non-hydrogen) atoms. The lowest BCUT2D eigenvalue weighted by atomic mass is 10.1. The summed E-state index contributed by atoms with van der Waals surface area (Å²) in [5, 5.41) is 9.87. The molecule has 1 unspecified atom stereocenters. The molecule has 3 rings (SSSR count). The molecule has 7 heteroatoms. The van der Waals surface area contributed by atoms with Crippen LogP contribution in [-0.2, 0) is 28.5 Å². The van der Waals surface area contributed by atoms with Crippen molar-refractivity contribution in [1.82, 2.24) is 0 Å². The fourth-order valence-corrected chi connectivity index (χ4v) is 2.67. The van der Waals surface area contributed by atoms with E-state index in [9.17, 15) is 9.90 Å². The van der Waals surface area contributed by atoms with Crippen molar-refractivity contribution in [2.45, 2.75) is 63.6 Å². The van der Waals surface area contributed by atoms with Gasteiger partial charge in [-0.1, -0.05) is 6.58 Å². The molecule has 0 amide bonds. The van der Waals surface area contributed by atoms with Crippen LogP contribution in [0.25, 0.3) is 0 Å². The van der Waals surface area contributed by atoms with E-state index in [4.69, 9.17) is 23.7 Å². The Morgan fingerprint density at radius 2 is 1.90 bits per heavy atom. The number of aliphatic hydroxyl groups excluding tert-OH is 1. The van der Waals surface area contributed by atoms with E-state index >= 15 is 0 Å². The normalized spacial score (nSPS) is 45.0. The van der Waals surface area contributed by atoms with E-state index < -0.39 is 48.8 Å². The molecule has 0 radical (unpaired) electrons. The summed E-state index contributed by atoms with van der Waals surface area (Å²) in [5.74, 6) is -1.36. The van der Waals surface area contributed by atoms with E-state index in [1.165, 1.54) is 6.92 Å². The molecular formula is C13H18O7. The summed E-state index contributed by atoms with van der Waals surface area (Å²) in [5.41, 5.74) is 0.243. The second-order valence-corrected chi connectivity index (χ2v) is 5.71. The highest BCUT2D eigenvalue weighted by Crippen LogP contribution is 2.44. The van der Waals surface area contributed by atoms with Crippen LogP contribution < -0.4 is 0 Å². The van der Waals surface area contributed by atoms with Gasteiger partial charge in [0.05, 0.1) is 0 Å². The number of carbonyl (C=O) groups excluding carboxylic acids is 1. The first kappa shape index (κ1) is 14.0. The number of esters is 1. The standard InChI is InChI=1S/C13H18O7/c1-5(2)10(14)17-8-6-7(16-11(8)15)9-12(18-6)20-13(3,4)19-9/h6-9,11-12,15H,1H2,2-4H3/t6-,7-,8-,9+,11?,12+/m0/s1. The van der Waals surface area contributed by atoms with Crippen molar-refractivity contribution in [2.24, 2.45) is 0 Å². The zero-order chi connectivity index (χ0) is 14.7. The van der Waals surface area contributed by atoms with Crippen LogP contribution >= 0.6 is 0 Å². The van der Waals surface area contributed by atoms with Gasteiger partial charge in [-0.25, -0.2) is 4.79 Å². The molecule has 0 saturated carbocycles. The lowest BCUT2D eigenvalue weighted by Crippen LogP contribution is -2.38. The lowest BCUT2D eigenvalue weighted by Gasteiger charge is -2.23. The molecule has 1 N–H and O–H groups in total. The minimum Gasteiger partial charge on any atom is -0.451 e. The molecule has 3 fully saturated rings. The molecule has 3 saturated heterocycles. The smallest absolute Gasteiger partial charge is 0.333 e. The summed E-state index contributed by atoms with van der Waals surface area (Å²) >= 11 is 0. The van der Waals surface area contributed by atoms with Crippen LogP contribution in [0.2, 0.25) is 0 Å². The van der Waals surface area contributed by atoms with Crippen LogP contribution in [0, 0.1) is 0 Å². The zero-order valence-corrected chi connectivity index (χ0v) is 11.6. The van der Waals surface area contributed by atoms with Crippen LogP contribution in [0.5, 0.6) is 0 Å². The highest BCUT2D eigenvalue weighted by atomic mass is 16.9. The third-order valence-corrected chi connectivity index (χ3v) is 3.52. The Balaban J connectivity index is 1.72. The van der Waals surface area contributed by atoms with Gasteiger partial charge in [0.25, 0.3) is 0 Å². The summed E-state index contributed by atoms with van der Waals surface area (Å²) in [7, 11) is 0. The molecule has 6 atom stereocenters. The molecule has 3 aliphatic heterocycles. The first-order chi connectivity index (χ1) is 9.28. The molecule has 112 valence electrons. The molecule has 3 heterocycles. The van der Waals surface area contributed by atoms with Crippen molar-refractivity contribution in [3.8, 4) is 0 Å². The number of aliphatic hydroxyl groups is 1. The van der Waals surface area contributed by atoms with Crippen molar-refractivity contribution in [2.75, 3.05) is 0 Å². The Morgan fingerprint density at radius 3 is 2.55 bits per heavy atom. The second-order valence-electron chi connectivity index (χ2n) is 5.71. The predicted octanol–water partition coefficient (Wildman–Crippen LogP) is 0.0679. The molecule has 0 bridgehead atoms. The Bertz CT molecular complexity index is 446. The molecule has 0 spiro atoms. The van der Waals surface area contributed by atoms with Gasteiger partial charge in [-0.2, -0.15) is 0 Å². The van der Waals surface area contributed by atoms with Crippen LogP contribution in [0.15, 0.2) is 12.2 Å². The molecule has 0 aliphatic carbocycles. The van der Waals surface area contributed by atoms with Gasteiger partial charge in [-0.3, -0.25) is 0 Å². The summed E-state index contributed by atoms with van der Waals surface area (Å²) in [6, 6.07) is 0. The fourth-order valence-electron chi connectivity index (χ4n) is 2.67. The van der Waals surface area contributed by atoms with Gasteiger partial charge in [-0.15, -0.1) is 0 Å². The average Bonchev–Trinajstić information content (AvgIpc) is 2.88. The molecule has 0 aromatic rings. The Kier molecular flexibility index (Phi) is 3.15. The Hall–Kier alpha value is -0.990. The monoisotopic (exact) mass is 286 g/mol. The lowest BCUT2D eigenvalue weighted by molar-refractivity contribution is -0.217. The van der Waals surface area contributed by atoms with Gasteiger partial charge in [0, 0.05) is 5.57 Å². The maximum absolute atomic E-state index is 11.6. The van der Waals surface area contributed by atoms with Crippen LogP contribution in [0.3, 0.4) is 0 Å². The van der Waals surface area contributed by atoms with E-state index in [0.29, 0.717) is 0 Å². The first-order valence-electron chi connectivity index (χ1n) is 6.49. The van der Waals surface area contributed by atoms with Crippen LogP contribution in [0.1, 0.15) is 20.8 Å². The minimum absolute atomic E-state index is 0.243. The quantitative estimate of drug-likeness (QED) is 0.568. The van der Waals surface area contributed by atoms with E-state index in [2.05, 4.69) is 6.58 Å². The van der Waals surface area contributed by atoms with Crippen molar-refractivity contribution in [3.05, 3.63) is 12.2 Å². The summed E-state index contributed by atoms with van der Waals surface area (Å²) in [4.78, 5) is 11.6. The largest absolute Gasteiger partial charge is 0.451 e. The molecule has 7 nitrogen and oxygen atoms in total. The predicted molar refractivity (Wildman–Crippen MR) is 64.3 cm³/mol. The van der Waals surface area contributed by atoms with Gasteiger partial charge < -0.3 is 28.8 Å². The molecule has 0 aromatic carbocycles. The number of hydrogen-bond donors (Lipinski definition) is 1. The molecular weight excluding hydrogens is 268 g/mol.